The summed E-state index contributed by atoms with van der Waals surface area (Å²) in [7, 11) is 4.05. The zero-order valence-electron chi connectivity index (χ0n) is 28.1. The van der Waals surface area contributed by atoms with E-state index < -0.39 is 0 Å². The summed E-state index contributed by atoms with van der Waals surface area (Å²) >= 11 is 0. The smallest absolute Gasteiger partial charge is 0.258 e. The Morgan fingerprint density at radius 1 is 1.00 bits per heavy atom. The third kappa shape index (κ3) is 7.30. The number of fused-ring (bicyclic) bond motifs is 2. The molecule has 0 saturated heterocycles. The van der Waals surface area contributed by atoms with Gasteiger partial charge in [0.25, 0.3) is 5.91 Å². The Hall–Kier alpha value is -4.92. The lowest BCUT2D eigenvalue weighted by Gasteiger charge is -2.38. The van der Waals surface area contributed by atoms with Crippen molar-refractivity contribution >= 4 is 28.4 Å². The minimum Gasteiger partial charge on any atom is -0.488 e. The highest BCUT2D eigenvalue weighted by molar-refractivity contribution is 6.00. The fourth-order valence-electron chi connectivity index (χ4n) is 6.58. The quantitative estimate of drug-likeness (QED) is 0.184. The highest BCUT2D eigenvalue weighted by atomic mass is 16.5. The van der Waals surface area contributed by atoms with Crippen LogP contribution in [-0.4, -0.2) is 70.2 Å². The summed E-state index contributed by atoms with van der Waals surface area (Å²) < 4.78 is 8.63. The van der Waals surface area contributed by atoms with Crippen molar-refractivity contribution in [2.24, 2.45) is 13.0 Å². The number of amides is 2. The van der Waals surface area contributed by atoms with Gasteiger partial charge >= 0.3 is 0 Å². The molecule has 2 heterocycles. The lowest BCUT2D eigenvalue weighted by molar-refractivity contribution is -0.115. The first-order valence-corrected chi connectivity index (χ1v) is 16.6. The summed E-state index contributed by atoms with van der Waals surface area (Å²) in [5, 5.41) is 14.1. The second kappa shape index (κ2) is 14.5. The van der Waals surface area contributed by atoms with Gasteiger partial charge in [0.1, 0.15) is 11.9 Å². The largest absolute Gasteiger partial charge is 0.488 e. The third-order valence-corrected chi connectivity index (χ3v) is 9.28. The normalized spacial score (nSPS) is 17.0. The van der Waals surface area contributed by atoms with Crippen LogP contribution in [0, 0.1) is 5.92 Å². The molecule has 1 aromatic heterocycles. The van der Waals surface area contributed by atoms with E-state index >= 15 is 0 Å². The monoisotopic (exact) mass is 644 g/mol. The molecule has 0 fully saturated rings. The molecule has 0 spiro atoms. The highest BCUT2D eigenvalue weighted by Gasteiger charge is 2.33. The van der Waals surface area contributed by atoms with Crippen LogP contribution >= 0.6 is 0 Å². The molecule has 8 heteroatoms. The number of hydrogen-bond acceptors (Lipinski definition) is 5. The van der Waals surface area contributed by atoms with Crippen LogP contribution in [0.3, 0.4) is 0 Å². The minimum absolute atomic E-state index is 0.000851. The summed E-state index contributed by atoms with van der Waals surface area (Å²) in [5.41, 5.74) is 6.47. The maximum Gasteiger partial charge on any atom is 0.258 e. The highest BCUT2D eigenvalue weighted by Crippen LogP contribution is 2.31. The van der Waals surface area contributed by atoms with E-state index in [4.69, 9.17) is 4.74 Å². The van der Waals surface area contributed by atoms with Gasteiger partial charge in [-0.15, -0.1) is 0 Å². The Labute approximate surface area is 282 Å². The van der Waals surface area contributed by atoms with E-state index in [1.54, 1.807) is 23.1 Å². The van der Waals surface area contributed by atoms with Crippen LogP contribution in [0.2, 0.25) is 0 Å². The van der Waals surface area contributed by atoms with E-state index in [0.717, 1.165) is 23.0 Å². The predicted octanol–water partition coefficient (Wildman–Crippen LogP) is 6.38. The van der Waals surface area contributed by atoms with Gasteiger partial charge in [0.2, 0.25) is 5.91 Å². The number of anilines is 1. The maximum absolute atomic E-state index is 13.9. The lowest BCUT2D eigenvalue weighted by Crippen LogP contribution is -2.49. The Bertz CT molecular complexity index is 1890. The van der Waals surface area contributed by atoms with Crippen molar-refractivity contribution in [3.8, 4) is 16.9 Å². The Balaban J connectivity index is 1.19. The Morgan fingerprint density at radius 2 is 1.71 bits per heavy atom. The van der Waals surface area contributed by atoms with Crippen molar-refractivity contribution in [1.82, 2.24) is 14.4 Å². The number of aliphatic hydroxyl groups is 1. The molecule has 3 atom stereocenters. The first-order valence-electron chi connectivity index (χ1n) is 16.6. The number of para-hydroxylation sites is 1. The predicted molar refractivity (Wildman–Crippen MR) is 191 cm³/mol. The van der Waals surface area contributed by atoms with Crippen molar-refractivity contribution in [1.29, 1.82) is 0 Å². The molecule has 8 nitrogen and oxygen atoms in total. The van der Waals surface area contributed by atoms with E-state index in [9.17, 15) is 14.7 Å². The number of benzene rings is 4. The Kier molecular flexibility index (Phi) is 9.94. The molecule has 0 radical (unpaired) electrons. The summed E-state index contributed by atoms with van der Waals surface area (Å²) in [6.45, 7) is 5.60. The van der Waals surface area contributed by atoms with E-state index in [2.05, 4.69) is 60.6 Å². The van der Waals surface area contributed by atoms with Crippen molar-refractivity contribution in [2.45, 2.75) is 39.0 Å². The van der Waals surface area contributed by atoms with Gasteiger partial charge < -0.3 is 24.6 Å². The number of aromatic nitrogens is 1. The van der Waals surface area contributed by atoms with Gasteiger partial charge in [-0.3, -0.25) is 14.5 Å². The van der Waals surface area contributed by atoms with E-state index in [-0.39, 0.29) is 42.9 Å². The molecule has 1 aliphatic rings. The molecular weight excluding hydrogens is 600 g/mol. The first-order chi connectivity index (χ1) is 23.2. The number of rotatable bonds is 10. The van der Waals surface area contributed by atoms with Crippen LogP contribution < -0.4 is 10.1 Å². The third-order valence-electron chi connectivity index (χ3n) is 9.28. The van der Waals surface area contributed by atoms with Gasteiger partial charge in [-0.25, -0.2) is 0 Å². The first kappa shape index (κ1) is 33.0. The molecular formula is C40H44N4O4. The average Bonchev–Trinajstić information content (AvgIpc) is 3.41. The number of ether oxygens (including phenoxy) is 1. The topological polar surface area (TPSA) is 87.0 Å². The van der Waals surface area contributed by atoms with Gasteiger partial charge in [0.05, 0.1) is 24.6 Å². The van der Waals surface area contributed by atoms with Crippen molar-refractivity contribution in [3.63, 3.8) is 0 Å². The van der Waals surface area contributed by atoms with Gasteiger partial charge in [-0.1, -0.05) is 79.7 Å². The molecule has 1 aliphatic heterocycles. The molecule has 2 N–H and O–H groups in total. The zero-order chi connectivity index (χ0) is 33.8. The summed E-state index contributed by atoms with van der Waals surface area (Å²) in [4.78, 5) is 31.1. The van der Waals surface area contributed by atoms with Gasteiger partial charge in [0.15, 0.2) is 0 Å². The van der Waals surface area contributed by atoms with Gasteiger partial charge in [-0.2, -0.15) is 0 Å². The number of nitrogens with one attached hydrogen (secondary N) is 1. The number of carbonyl (C=O) groups is 2. The zero-order valence-corrected chi connectivity index (χ0v) is 28.1. The molecule has 0 bridgehead atoms. The molecule has 0 aliphatic carbocycles. The molecule has 0 unspecified atom stereocenters. The molecule has 2 amide bonds. The summed E-state index contributed by atoms with van der Waals surface area (Å²) in [5.74, 6) is 0.0725. The van der Waals surface area contributed by atoms with Crippen LogP contribution in [0.4, 0.5) is 5.69 Å². The van der Waals surface area contributed by atoms with E-state index in [1.807, 2.05) is 67.2 Å². The molecule has 6 rings (SSSR count). The lowest BCUT2D eigenvalue weighted by atomic mass is 9.99. The molecule has 4 aromatic carbocycles. The maximum atomic E-state index is 13.9. The molecule has 5 aromatic rings. The second-order valence-corrected chi connectivity index (χ2v) is 13.1. The van der Waals surface area contributed by atoms with Crippen LogP contribution in [0.5, 0.6) is 5.75 Å². The number of aliphatic hydroxyl groups excluding tert-OH is 1. The standard InChI is InChI=1S/C40H44N4O4/c1-27-22-44(28(2)26-45)40(47)35-21-33(41-39(46)20-32-24-43(4)36-13-9-8-12-34(32)36)18-19-37(35)48-38(27)25-42(3)23-29-14-16-31(17-15-29)30-10-6-5-7-11-30/h5-19,21,24,27-28,38,45H,20,22-23,25-26H2,1-4H3,(H,41,46)/t27-,28-,38+/m1/s1. The van der Waals surface area contributed by atoms with Crippen LogP contribution in [-0.2, 0) is 24.8 Å². The van der Waals surface area contributed by atoms with Crippen LogP contribution in [0.25, 0.3) is 22.0 Å². The summed E-state index contributed by atoms with van der Waals surface area (Å²) in [6, 6.07) is 31.9. The van der Waals surface area contributed by atoms with E-state index in [1.165, 1.54) is 16.7 Å². The SMILES string of the molecule is C[C@@H]1CN([C@H](C)CO)C(=O)c2cc(NC(=O)Cc3cn(C)c4ccccc34)ccc2O[C@H]1CN(C)Cc1ccc(-c2ccccc2)cc1. The minimum atomic E-state index is -0.378. The fourth-order valence-corrected chi connectivity index (χ4v) is 6.58. The number of aryl methyl sites for hydroxylation is 1. The van der Waals surface area contributed by atoms with Crippen molar-refractivity contribution in [2.75, 3.05) is 32.1 Å². The average molecular weight is 645 g/mol. The molecule has 48 heavy (non-hydrogen) atoms. The number of hydrogen-bond donors (Lipinski definition) is 2. The van der Waals surface area contributed by atoms with Crippen molar-refractivity contribution < 1.29 is 19.4 Å². The number of nitrogens with zero attached hydrogens (tertiary/aromatic N) is 3. The van der Waals surface area contributed by atoms with Gasteiger partial charge in [-0.05, 0) is 60.5 Å². The van der Waals surface area contributed by atoms with E-state index in [0.29, 0.717) is 30.1 Å². The second-order valence-electron chi connectivity index (χ2n) is 13.1. The van der Waals surface area contributed by atoms with Crippen molar-refractivity contribution in [3.05, 3.63) is 120 Å². The van der Waals surface area contributed by atoms with Crippen LogP contribution in [0.15, 0.2) is 103 Å². The molecule has 0 saturated carbocycles. The Morgan fingerprint density at radius 3 is 2.46 bits per heavy atom. The fraction of sp³-hybridized carbons (Fsp3) is 0.300. The number of carbonyl (C=O) groups excluding carboxylic acids is 2. The molecule has 248 valence electrons. The van der Waals surface area contributed by atoms with Gasteiger partial charge in [0, 0.05) is 55.4 Å². The summed E-state index contributed by atoms with van der Waals surface area (Å²) in [6.07, 6.45) is 1.97. The number of likely N-dealkylation sites (N-methyl/N-ethyl adjacent to an activating group) is 1. The van der Waals surface area contributed by atoms with Crippen LogP contribution in [0.1, 0.15) is 35.3 Å².